The summed E-state index contributed by atoms with van der Waals surface area (Å²) in [5, 5.41) is -0.0233. The molecule has 23 heavy (non-hydrogen) atoms. The summed E-state index contributed by atoms with van der Waals surface area (Å²) in [6, 6.07) is 6.16. The van der Waals surface area contributed by atoms with Crippen LogP contribution in [0.3, 0.4) is 0 Å². The SMILES string of the molecule is CC(=O)SCC1CC(=O)N(c2ccccc2OCC(F)(F)F)C1. The molecule has 1 aromatic rings. The first-order valence-electron chi connectivity index (χ1n) is 6.98. The van der Waals surface area contributed by atoms with Crippen LogP contribution in [0.2, 0.25) is 0 Å². The molecular weight excluding hydrogens is 331 g/mol. The number of hydrogen-bond acceptors (Lipinski definition) is 4. The number of benzene rings is 1. The summed E-state index contributed by atoms with van der Waals surface area (Å²) in [7, 11) is 0. The first-order chi connectivity index (χ1) is 10.8. The number of carbonyl (C=O) groups is 2. The topological polar surface area (TPSA) is 46.6 Å². The third kappa shape index (κ3) is 5.16. The Labute approximate surface area is 136 Å². The minimum Gasteiger partial charge on any atom is -0.482 e. The summed E-state index contributed by atoms with van der Waals surface area (Å²) in [6.45, 7) is 0.417. The van der Waals surface area contributed by atoms with Crippen LogP contribution >= 0.6 is 11.8 Å². The standard InChI is InChI=1S/C15H16F3NO3S/c1-10(20)23-8-11-6-14(21)19(7-11)12-4-2-3-5-13(12)22-9-15(16,17)18/h2-5,11H,6-9H2,1H3. The molecule has 1 amide bonds. The number of alkyl halides is 3. The van der Waals surface area contributed by atoms with Crippen LogP contribution in [0.1, 0.15) is 13.3 Å². The van der Waals surface area contributed by atoms with Gasteiger partial charge in [-0.2, -0.15) is 13.2 Å². The van der Waals surface area contributed by atoms with E-state index in [1.165, 1.54) is 17.9 Å². The molecule has 0 saturated carbocycles. The fourth-order valence-electron chi connectivity index (χ4n) is 2.32. The van der Waals surface area contributed by atoms with Gasteiger partial charge in [-0.25, -0.2) is 0 Å². The maximum absolute atomic E-state index is 12.3. The van der Waals surface area contributed by atoms with Crippen molar-refractivity contribution < 1.29 is 27.5 Å². The predicted molar refractivity (Wildman–Crippen MR) is 81.6 cm³/mol. The van der Waals surface area contributed by atoms with Crippen molar-refractivity contribution in [3.05, 3.63) is 24.3 Å². The summed E-state index contributed by atoms with van der Waals surface area (Å²) in [5.74, 6) is 0.357. The van der Waals surface area contributed by atoms with E-state index >= 15 is 0 Å². The normalized spacial score (nSPS) is 18.3. The van der Waals surface area contributed by atoms with E-state index in [-0.39, 0.29) is 29.1 Å². The van der Waals surface area contributed by atoms with Gasteiger partial charge in [0.25, 0.3) is 0 Å². The molecule has 1 aliphatic heterocycles. The van der Waals surface area contributed by atoms with Crippen molar-refractivity contribution in [1.29, 1.82) is 0 Å². The Hall–Kier alpha value is -1.70. The van der Waals surface area contributed by atoms with Gasteiger partial charge in [0.15, 0.2) is 11.7 Å². The number of para-hydroxylation sites is 2. The van der Waals surface area contributed by atoms with Crippen LogP contribution in [-0.4, -0.2) is 36.1 Å². The van der Waals surface area contributed by atoms with Gasteiger partial charge in [0.2, 0.25) is 5.91 Å². The van der Waals surface area contributed by atoms with Gasteiger partial charge in [-0.15, -0.1) is 0 Å². The fraction of sp³-hybridized carbons (Fsp3) is 0.467. The van der Waals surface area contributed by atoms with Gasteiger partial charge in [0.05, 0.1) is 5.69 Å². The summed E-state index contributed by atoms with van der Waals surface area (Å²) in [4.78, 5) is 24.6. The summed E-state index contributed by atoms with van der Waals surface area (Å²) < 4.78 is 41.8. The highest BCUT2D eigenvalue weighted by molar-refractivity contribution is 8.13. The predicted octanol–water partition coefficient (Wildman–Crippen LogP) is 3.26. The van der Waals surface area contributed by atoms with Crippen molar-refractivity contribution in [2.24, 2.45) is 5.92 Å². The van der Waals surface area contributed by atoms with E-state index in [1.807, 2.05) is 0 Å². The molecule has 0 bridgehead atoms. The lowest BCUT2D eigenvalue weighted by molar-refractivity contribution is -0.153. The van der Waals surface area contributed by atoms with Gasteiger partial charge in [0.1, 0.15) is 5.75 Å². The van der Waals surface area contributed by atoms with Crippen molar-refractivity contribution in [3.63, 3.8) is 0 Å². The highest BCUT2D eigenvalue weighted by Gasteiger charge is 2.33. The number of ether oxygens (including phenoxy) is 1. The van der Waals surface area contributed by atoms with Crippen LogP contribution < -0.4 is 9.64 Å². The zero-order valence-electron chi connectivity index (χ0n) is 12.4. The molecule has 0 aromatic heterocycles. The Bertz CT molecular complexity index is 592. The summed E-state index contributed by atoms with van der Waals surface area (Å²) >= 11 is 1.15. The zero-order valence-corrected chi connectivity index (χ0v) is 13.2. The van der Waals surface area contributed by atoms with Gasteiger partial charge < -0.3 is 9.64 Å². The maximum atomic E-state index is 12.3. The van der Waals surface area contributed by atoms with Crippen molar-refractivity contribution in [2.75, 3.05) is 23.8 Å². The minimum atomic E-state index is -4.44. The molecule has 1 aliphatic rings. The Morgan fingerprint density at radius 1 is 1.39 bits per heavy atom. The third-order valence-electron chi connectivity index (χ3n) is 3.27. The second kappa shape index (κ2) is 7.25. The second-order valence-corrected chi connectivity index (χ2v) is 6.45. The highest BCUT2D eigenvalue weighted by atomic mass is 32.2. The number of carbonyl (C=O) groups excluding carboxylic acids is 2. The molecular formula is C15H16F3NO3S. The average molecular weight is 347 g/mol. The molecule has 0 radical (unpaired) electrons. The summed E-state index contributed by atoms with van der Waals surface area (Å²) in [6.07, 6.45) is -4.17. The summed E-state index contributed by atoms with van der Waals surface area (Å²) in [5.41, 5.74) is 0.331. The molecule has 1 atom stereocenters. The lowest BCUT2D eigenvalue weighted by Crippen LogP contribution is -2.26. The number of thioether (sulfide) groups is 1. The van der Waals surface area contributed by atoms with E-state index in [0.29, 0.717) is 18.0 Å². The van der Waals surface area contributed by atoms with E-state index < -0.39 is 12.8 Å². The van der Waals surface area contributed by atoms with Crippen molar-refractivity contribution >= 4 is 28.5 Å². The number of halogens is 3. The van der Waals surface area contributed by atoms with Crippen LogP contribution in [0.25, 0.3) is 0 Å². The van der Waals surface area contributed by atoms with Crippen LogP contribution in [0.15, 0.2) is 24.3 Å². The minimum absolute atomic E-state index is 0.00734. The van der Waals surface area contributed by atoms with Crippen LogP contribution in [0, 0.1) is 5.92 Å². The highest BCUT2D eigenvalue weighted by Crippen LogP contribution is 2.34. The Kier molecular flexibility index (Phi) is 5.56. The molecule has 1 unspecified atom stereocenters. The second-order valence-electron chi connectivity index (χ2n) is 5.25. The Morgan fingerprint density at radius 2 is 2.09 bits per heavy atom. The van der Waals surface area contributed by atoms with Crippen molar-refractivity contribution in [3.8, 4) is 5.75 Å². The molecule has 0 spiro atoms. The average Bonchev–Trinajstić information content (AvgIpc) is 2.83. The lowest BCUT2D eigenvalue weighted by Gasteiger charge is -2.20. The molecule has 1 aromatic carbocycles. The quantitative estimate of drug-likeness (QED) is 0.820. The zero-order chi connectivity index (χ0) is 17.0. The molecule has 4 nitrogen and oxygen atoms in total. The molecule has 1 fully saturated rings. The fourth-order valence-corrected chi connectivity index (χ4v) is 3.02. The molecule has 8 heteroatoms. The van der Waals surface area contributed by atoms with E-state index in [4.69, 9.17) is 4.74 Å². The third-order valence-corrected chi connectivity index (χ3v) is 4.32. The number of rotatable bonds is 5. The molecule has 0 N–H and O–H groups in total. The largest absolute Gasteiger partial charge is 0.482 e. The molecule has 126 valence electrons. The van der Waals surface area contributed by atoms with Gasteiger partial charge in [-0.3, -0.25) is 9.59 Å². The van der Waals surface area contributed by atoms with Gasteiger partial charge >= 0.3 is 6.18 Å². The molecule has 1 heterocycles. The number of nitrogens with zero attached hydrogens (tertiary/aromatic N) is 1. The monoisotopic (exact) mass is 347 g/mol. The van der Waals surface area contributed by atoms with E-state index in [0.717, 1.165) is 11.8 Å². The Morgan fingerprint density at radius 3 is 2.74 bits per heavy atom. The molecule has 2 rings (SSSR count). The van der Waals surface area contributed by atoms with Crippen molar-refractivity contribution in [2.45, 2.75) is 19.5 Å². The molecule has 0 aliphatic carbocycles. The van der Waals surface area contributed by atoms with Gasteiger partial charge in [0, 0.05) is 25.6 Å². The first kappa shape index (κ1) is 17.7. The maximum Gasteiger partial charge on any atom is 0.422 e. The van der Waals surface area contributed by atoms with E-state index in [1.54, 1.807) is 18.2 Å². The van der Waals surface area contributed by atoms with Gasteiger partial charge in [-0.05, 0) is 18.1 Å². The lowest BCUT2D eigenvalue weighted by atomic mass is 10.1. The van der Waals surface area contributed by atoms with Crippen molar-refractivity contribution in [1.82, 2.24) is 0 Å². The van der Waals surface area contributed by atoms with Gasteiger partial charge in [-0.1, -0.05) is 23.9 Å². The van der Waals surface area contributed by atoms with E-state index in [9.17, 15) is 22.8 Å². The number of anilines is 1. The molecule has 1 saturated heterocycles. The van der Waals surface area contributed by atoms with E-state index in [2.05, 4.69) is 0 Å². The van der Waals surface area contributed by atoms with Crippen LogP contribution in [0.5, 0.6) is 5.75 Å². The van der Waals surface area contributed by atoms with Crippen LogP contribution in [-0.2, 0) is 9.59 Å². The smallest absolute Gasteiger partial charge is 0.422 e. The number of amides is 1. The first-order valence-corrected chi connectivity index (χ1v) is 7.97. The number of hydrogen-bond donors (Lipinski definition) is 0. The Balaban J connectivity index is 2.09. The van der Waals surface area contributed by atoms with Crippen LogP contribution in [0.4, 0.5) is 18.9 Å².